The van der Waals surface area contributed by atoms with E-state index in [-0.39, 0.29) is 23.6 Å². The Bertz CT molecular complexity index is 902. The zero-order chi connectivity index (χ0) is 19.6. The number of nitrogens with one attached hydrogen (secondary N) is 1. The van der Waals surface area contributed by atoms with Gasteiger partial charge in [0.15, 0.2) is 0 Å². The van der Waals surface area contributed by atoms with Gasteiger partial charge in [0, 0.05) is 12.1 Å². The molecule has 1 N–H and O–H groups in total. The Balaban J connectivity index is 1.75. The van der Waals surface area contributed by atoms with Crippen molar-refractivity contribution in [3.8, 4) is 0 Å². The minimum Gasteiger partial charge on any atom is -0.347 e. The summed E-state index contributed by atoms with van der Waals surface area (Å²) in [5.41, 5.74) is 1.32. The van der Waals surface area contributed by atoms with Gasteiger partial charge in [-0.15, -0.1) is 0 Å². The van der Waals surface area contributed by atoms with Crippen LogP contribution in [0.3, 0.4) is 0 Å². The molecule has 1 aliphatic heterocycles. The van der Waals surface area contributed by atoms with Crippen molar-refractivity contribution < 1.29 is 22.0 Å². The first-order valence-corrected chi connectivity index (χ1v) is 10.0. The van der Waals surface area contributed by atoms with Crippen molar-refractivity contribution in [3.63, 3.8) is 0 Å². The van der Waals surface area contributed by atoms with Crippen LogP contribution in [0.5, 0.6) is 0 Å². The van der Waals surface area contributed by atoms with Crippen molar-refractivity contribution in [3.05, 3.63) is 65.7 Å². The predicted molar refractivity (Wildman–Crippen MR) is 97.3 cm³/mol. The molecule has 2 atom stereocenters. The van der Waals surface area contributed by atoms with Gasteiger partial charge in [0.1, 0.15) is 0 Å². The molecule has 0 radical (unpaired) electrons. The minimum atomic E-state index is -4.67. The van der Waals surface area contributed by atoms with E-state index >= 15 is 0 Å². The van der Waals surface area contributed by atoms with E-state index in [1.165, 1.54) is 12.1 Å². The summed E-state index contributed by atoms with van der Waals surface area (Å²) in [7, 11) is -2.67. The van der Waals surface area contributed by atoms with Crippen molar-refractivity contribution in [1.82, 2.24) is 10.2 Å². The second-order valence-electron chi connectivity index (χ2n) is 6.53. The first-order valence-electron chi connectivity index (χ1n) is 8.49. The molecule has 0 unspecified atom stereocenters. The molecule has 0 bridgehead atoms. The van der Waals surface area contributed by atoms with E-state index in [1.54, 1.807) is 0 Å². The molecule has 2 aromatic rings. The molecule has 1 saturated heterocycles. The third-order valence-electron chi connectivity index (χ3n) is 4.79. The average Bonchev–Trinajstić information content (AvgIpc) is 3.02. The smallest absolute Gasteiger partial charge is 0.341 e. The fourth-order valence-corrected chi connectivity index (χ4v) is 4.11. The largest absolute Gasteiger partial charge is 0.347 e. The molecule has 1 fully saturated rings. The van der Waals surface area contributed by atoms with Gasteiger partial charge in [0.25, 0.3) is 5.91 Å². The SMILES string of the molecule is CN1CC[C@@H](NC(=O)c2ccc(S(=O)(=O)C(F)F)cc2)[C@@H]1c1ccccc1. The van der Waals surface area contributed by atoms with Crippen LogP contribution in [0.15, 0.2) is 59.5 Å². The van der Waals surface area contributed by atoms with Crippen LogP contribution in [0.2, 0.25) is 0 Å². The summed E-state index contributed by atoms with van der Waals surface area (Å²) in [4.78, 5) is 14.2. The van der Waals surface area contributed by atoms with E-state index in [4.69, 9.17) is 0 Å². The number of sulfone groups is 1. The van der Waals surface area contributed by atoms with Gasteiger partial charge in [-0.2, -0.15) is 8.78 Å². The quantitative estimate of drug-likeness (QED) is 0.847. The van der Waals surface area contributed by atoms with E-state index in [0.717, 1.165) is 30.7 Å². The maximum absolute atomic E-state index is 12.6. The van der Waals surface area contributed by atoms with Gasteiger partial charge in [0.05, 0.1) is 17.0 Å². The maximum atomic E-state index is 12.6. The molecule has 0 aliphatic carbocycles. The first-order chi connectivity index (χ1) is 12.8. The van der Waals surface area contributed by atoms with Gasteiger partial charge in [0.2, 0.25) is 9.84 Å². The highest BCUT2D eigenvalue weighted by Crippen LogP contribution is 2.31. The van der Waals surface area contributed by atoms with Gasteiger partial charge in [-0.05, 0) is 43.3 Å². The number of halogens is 2. The molecule has 144 valence electrons. The van der Waals surface area contributed by atoms with Crippen LogP contribution in [-0.2, 0) is 9.84 Å². The summed E-state index contributed by atoms with van der Waals surface area (Å²) >= 11 is 0. The highest BCUT2D eigenvalue weighted by atomic mass is 32.2. The second-order valence-corrected chi connectivity index (χ2v) is 8.45. The van der Waals surface area contributed by atoms with Crippen LogP contribution >= 0.6 is 0 Å². The van der Waals surface area contributed by atoms with E-state index in [1.807, 2.05) is 37.4 Å². The fraction of sp³-hybridized carbons (Fsp3) is 0.316. The molecule has 1 aliphatic rings. The van der Waals surface area contributed by atoms with Crippen LogP contribution in [0, 0.1) is 0 Å². The number of carbonyl (C=O) groups is 1. The molecular formula is C19H20F2N2O3S. The molecule has 1 amide bonds. The van der Waals surface area contributed by atoms with Crippen LogP contribution in [0.1, 0.15) is 28.4 Å². The molecule has 27 heavy (non-hydrogen) atoms. The van der Waals surface area contributed by atoms with Crippen molar-refractivity contribution in [1.29, 1.82) is 0 Å². The number of benzene rings is 2. The van der Waals surface area contributed by atoms with Crippen LogP contribution in [0.4, 0.5) is 8.78 Å². The fourth-order valence-electron chi connectivity index (χ4n) is 3.39. The summed E-state index contributed by atoms with van der Waals surface area (Å²) in [6.45, 7) is 0.829. The van der Waals surface area contributed by atoms with E-state index in [9.17, 15) is 22.0 Å². The standard InChI is InChI=1S/C19H20F2N2O3S/c1-23-12-11-16(17(23)13-5-3-2-4-6-13)22-18(24)14-7-9-15(10-8-14)27(25,26)19(20)21/h2-10,16-17,19H,11-12H2,1H3,(H,22,24)/t16-,17+/m1/s1. The number of rotatable bonds is 5. The summed E-state index contributed by atoms with van der Waals surface area (Å²) in [5.74, 6) is -3.85. The average molecular weight is 394 g/mol. The lowest BCUT2D eigenvalue weighted by Gasteiger charge is -2.26. The molecule has 0 spiro atoms. The molecule has 3 rings (SSSR count). The number of amides is 1. The van der Waals surface area contributed by atoms with Gasteiger partial charge in [-0.1, -0.05) is 30.3 Å². The Morgan fingerprint density at radius 1 is 1.11 bits per heavy atom. The highest BCUT2D eigenvalue weighted by molar-refractivity contribution is 7.91. The van der Waals surface area contributed by atoms with Gasteiger partial charge in [-0.25, -0.2) is 8.42 Å². The molecule has 8 heteroatoms. The molecule has 0 aromatic heterocycles. The van der Waals surface area contributed by atoms with E-state index < -0.39 is 20.5 Å². The van der Waals surface area contributed by atoms with Crippen molar-refractivity contribution >= 4 is 15.7 Å². The maximum Gasteiger partial charge on any atom is 0.341 e. The minimum absolute atomic E-state index is 0.0358. The number of hydrogen-bond donors (Lipinski definition) is 1. The van der Waals surface area contributed by atoms with Gasteiger partial charge < -0.3 is 5.32 Å². The Kier molecular flexibility index (Phi) is 5.57. The molecule has 1 heterocycles. The summed E-state index contributed by atoms with van der Waals surface area (Å²) in [5, 5.41) is 2.98. The Hall–Kier alpha value is -2.32. The molecule has 2 aromatic carbocycles. The number of hydrogen-bond acceptors (Lipinski definition) is 4. The van der Waals surface area contributed by atoms with Crippen LogP contribution in [0.25, 0.3) is 0 Å². The van der Waals surface area contributed by atoms with Crippen LogP contribution in [-0.4, -0.2) is 44.6 Å². The topological polar surface area (TPSA) is 66.5 Å². The molecule has 0 saturated carbocycles. The van der Waals surface area contributed by atoms with E-state index in [0.29, 0.717) is 0 Å². The van der Waals surface area contributed by atoms with E-state index in [2.05, 4.69) is 10.2 Å². The molecular weight excluding hydrogens is 374 g/mol. The molecule has 5 nitrogen and oxygen atoms in total. The van der Waals surface area contributed by atoms with Gasteiger partial charge >= 0.3 is 5.76 Å². The number of likely N-dealkylation sites (N-methyl/N-ethyl adjacent to an activating group) is 1. The number of carbonyl (C=O) groups excluding carboxylic acids is 1. The lowest BCUT2D eigenvalue weighted by Crippen LogP contribution is -2.39. The lowest BCUT2D eigenvalue weighted by atomic mass is 10.00. The van der Waals surface area contributed by atoms with Crippen molar-refractivity contribution in [2.45, 2.75) is 29.2 Å². The normalized spacial score (nSPS) is 20.7. The Morgan fingerprint density at radius 3 is 2.33 bits per heavy atom. The van der Waals surface area contributed by atoms with Gasteiger partial charge in [-0.3, -0.25) is 9.69 Å². The Morgan fingerprint density at radius 2 is 1.74 bits per heavy atom. The third kappa shape index (κ3) is 4.01. The second kappa shape index (κ2) is 7.74. The van der Waals surface area contributed by atoms with Crippen molar-refractivity contribution in [2.24, 2.45) is 0 Å². The zero-order valence-electron chi connectivity index (χ0n) is 14.7. The lowest BCUT2D eigenvalue weighted by molar-refractivity contribution is 0.0927. The summed E-state index contributed by atoms with van der Waals surface area (Å²) in [6.07, 6.45) is 0.777. The highest BCUT2D eigenvalue weighted by Gasteiger charge is 2.34. The number of nitrogens with zero attached hydrogens (tertiary/aromatic N) is 1. The summed E-state index contributed by atoms with van der Waals surface area (Å²) in [6, 6.07) is 14.3. The Labute approximate surface area is 156 Å². The van der Waals surface area contributed by atoms with Crippen LogP contribution < -0.4 is 5.32 Å². The monoisotopic (exact) mass is 394 g/mol. The number of likely N-dealkylation sites (tertiary alicyclic amines) is 1. The third-order valence-corrected chi connectivity index (χ3v) is 6.18. The van der Waals surface area contributed by atoms with Crippen molar-refractivity contribution in [2.75, 3.05) is 13.6 Å². The predicted octanol–water partition coefficient (Wildman–Crippen LogP) is 2.86. The first kappa shape index (κ1) is 19.4. The number of alkyl halides is 2. The zero-order valence-corrected chi connectivity index (χ0v) is 15.5. The summed E-state index contributed by atoms with van der Waals surface area (Å²) < 4.78 is 48.1.